The summed E-state index contributed by atoms with van der Waals surface area (Å²) in [6, 6.07) is 6.31. The number of fused-ring (bicyclic) bond motifs is 1. The third-order valence-electron chi connectivity index (χ3n) is 3.79. The van der Waals surface area contributed by atoms with Gasteiger partial charge in [-0.15, -0.1) is 0 Å². The molecule has 0 radical (unpaired) electrons. The van der Waals surface area contributed by atoms with Gasteiger partial charge in [-0.25, -0.2) is 0 Å². The average molecular weight is 287 g/mol. The zero-order chi connectivity index (χ0) is 15.0. The highest BCUT2D eigenvalue weighted by atomic mass is 16.3. The smallest absolute Gasteiger partial charge is 0.245 e. The van der Waals surface area contributed by atoms with E-state index in [1.165, 1.54) is 6.92 Å². The van der Waals surface area contributed by atoms with Crippen molar-refractivity contribution in [2.75, 3.05) is 0 Å². The molecule has 1 aromatic heterocycles. The molecule has 1 aliphatic rings. The summed E-state index contributed by atoms with van der Waals surface area (Å²) in [5, 5.41) is 15.7. The van der Waals surface area contributed by atoms with Crippen molar-refractivity contribution in [3.05, 3.63) is 36.0 Å². The summed E-state index contributed by atoms with van der Waals surface area (Å²) in [4.78, 5) is 27.1. The Morgan fingerprint density at radius 1 is 1.19 bits per heavy atom. The number of hydrogen-bond acceptors (Lipinski definition) is 3. The predicted molar refractivity (Wildman–Crippen MR) is 77.5 cm³/mol. The van der Waals surface area contributed by atoms with Gasteiger partial charge in [0.2, 0.25) is 11.8 Å². The number of H-pyrrole nitrogens is 1. The molecular weight excluding hydrogens is 270 g/mol. The van der Waals surface area contributed by atoms with E-state index in [0.717, 1.165) is 16.5 Å². The van der Waals surface area contributed by atoms with E-state index in [1.807, 2.05) is 30.5 Å². The third-order valence-corrected chi connectivity index (χ3v) is 3.79. The van der Waals surface area contributed by atoms with Crippen molar-refractivity contribution in [2.45, 2.75) is 31.5 Å². The summed E-state index contributed by atoms with van der Waals surface area (Å²) >= 11 is 0. The third kappa shape index (κ3) is 2.50. The van der Waals surface area contributed by atoms with E-state index in [1.54, 1.807) is 0 Å². The quantitative estimate of drug-likeness (QED) is 0.643. The Kier molecular flexibility index (Phi) is 3.39. The van der Waals surface area contributed by atoms with Gasteiger partial charge in [0.05, 0.1) is 6.10 Å². The Hall–Kier alpha value is -2.34. The summed E-state index contributed by atoms with van der Waals surface area (Å²) in [6.07, 6.45) is 1.35. The van der Waals surface area contributed by atoms with Crippen LogP contribution in [0.1, 0.15) is 12.5 Å². The van der Waals surface area contributed by atoms with Crippen molar-refractivity contribution >= 4 is 22.7 Å². The van der Waals surface area contributed by atoms with Gasteiger partial charge in [-0.3, -0.25) is 9.59 Å². The van der Waals surface area contributed by atoms with Crippen LogP contribution in [0, 0.1) is 0 Å². The molecule has 0 aliphatic carbocycles. The summed E-state index contributed by atoms with van der Waals surface area (Å²) in [6.45, 7) is 1.48. The molecule has 0 saturated carbocycles. The first-order valence-corrected chi connectivity index (χ1v) is 6.90. The van der Waals surface area contributed by atoms with E-state index >= 15 is 0 Å². The fourth-order valence-corrected chi connectivity index (χ4v) is 2.65. The Morgan fingerprint density at radius 2 is 1.95 bits per heavy atom. The highest BCUT2D eigenvalue weighted by molar-refractivity contribution is 5.97. The topological polar surface area (TPSA) is 94.2 Å². The van der Waals surface area contributed by atoms with Crippen LogP contribution >= 0.6 is 0 Å². The highest BCUT2D eigenvalue weighted by Crippen LogP contribution is 2.19. The van der Waals surface area contributed by atoms with Crippen LogP contribution in [-0.4, -0.2) is 40.1 Å². The van der Waals surface area contributed by atoms with Gasteiger partial charge in [0, 0.05) is 23.5 Å². The number of hydrogen-bond donors (Lipinski definition) is 4. The molecule has 1 saturated heterocycles. The number of rotatable bonds is 3. The van der Waals surface area contributed by atoms with Gasteiger partial charge in [0.15, 0.2) is 0 Å². The van der Waals surface area contributed by atoms with Crippen molar-refractivity contribution in [3.63, 3.8) is 0 Å². The number of carbonyl (C=O) groups excluding carboxylic acids is 2. The Morgan fingerprint density at radius 3 is 2.71 bits per heavy atom. The largest absolute Gasteiger partial charge is 0.391 e. The van der Waals surface area contributed by atoms with Crippen molar-refractivity contribution in [1.82, 2.24) is 15.6 Å². The number of benzene rings is 1. The minimum atomic E-state index is -0.914. The second-order valence-corrected chi connectivity index (χ2v) is 5.35. The molecule has 21 heavy (non-hydrogen) atoms. The molecule has 3 atom stereocenters. The number of piperazine rings is 1. The van der Waals surface area contributed by atoms with Crippen molar-refractivity contribution in [2.24, 2.45) is 0 Å². The van der Waals surface area contributed by atoms with Crippen LogP contribution < -0.4 is 10.6 Å². The SMILES string of the molecule is C[C@@H](O)[C@@H]1NC(=O)[C@@H](Cc2c[nH]c3ccccc23)NC1=O. The maximum absolute atomic E-state index is 12.1. The summed E-state index contributed by atoms with van der Waals surface area (Å²) in [5.74, 6) is -0.625. The van der Waals surface area contributed by atoms with Gasteiger partial charge >= 0.3 is 0 Å². The van der Waals surface area contributed by atoms with Crippen molar-refractivity contribution in [3.8, 4) is 0 Å². The summed E-state index contributed by atoms with van der Waals surface area (Å²) in [5.41, 5.74) is 1.97. The van der Waals surface area contributed by atoms with Crippen LogP contribution in [0.15, 0.2) is 30.5 Å². The van der Waals surface area contributed by atoms with Crippen LogP contribution in [-0.2, 0) is 16.0 Å². The van der Waals surface area contributed by atoms with E-state index < -0.39 is 18.2 Å². The lowest BCUT2D eigenvalue weighted by atomic mass is 10.00. The number of para-hydroxylation sites is 1. The van der Waals surface area contributed by atoms with E-state index in [2.05, 4.69) is 15.6 Å². The molecule has 6 heteroatoms. The van der Waals surface area contributed by atoms with Crippen molar-refractivity contribution in [1.29, 1.82) is 0 Å². The Labute approximate surface area is 121 Å². The van der Waals surface area contributed by atoms with Gasteiger partial charge in [0.1, 0.15) is 12.1 Å². The summed E-state index contributed by atoms with van der Waals surface area (Å²) < 4.78 is 0. The fraction of sp³-hybridized carbons (Fsp3) is 0.333. The predicted octanol–water partition coefficient (Wildman–Crippen LogP) is 0.0744. The number of carbonyl (C=O) groups is 2. The number of aliphatic hydroxyl groups is 1. The maximum atomic E-state index is 12.1. The highest BCUT2D eigenvalue weighted by Gasteiger charge is 2.36. The van der Waals surface area contributed by atoms with Crippen LogP contribution in [0.3, 0.4) is 0 Å². The van der Waals surface area contributed by atoms with Crippen LogP contribution in [0.2, 0.25) is 0 Å². The molecule has 3 rings (SSSR count). The first-order chi connectivity index (χ1) is 10.1. The van der Waals surface area contributed by atoms with E-state index in [4.69, 9.17) is 0 Å². The lowest BCUT2D eigenvalue weighted by molar-refractivity contribution is -0.139. The zero-order valence-corrected chi connectivity index (χ0v) is 11.6. The second kappa shape index (κ2) is 5.21. The lowest BCUT2D eigenvalue weighted by Crippen LogP contribution is -2.65. The molecule has 1 aliphatic heterocycles. The molecular formula is C15H17N3O3. The average Bonchev–Trinajstić information content (AvgIpc) is 2.85. The molecule has 6 nitrogen and oxygen atoms in total. The van der Waals surface area contributed by atoms with Crippen LogP contribution in [0.5, 0.6) is 0 Å². The molecule has 110 valence electrons. The molecule has 0 spiro atoms. The Balaban J connectivity index is 1.79. The van der Waals surface area contributed by atoms with Gasteiger partial charge in [-0.1, -0.05) is 18.2 Å². The second-order valence-electron chi connectivity index (χ2n) is 5.35. The minimum Gasteiger partial charge on any atom is -0.391 e. The lowest BCUT2D eigenvalue weighted by Gasteiger charge is -2.30. The number of aliphatic hydroxyl groups excluding tert-OH is 1. The molecule has 4 N–H and O–H groups in total. The molecule has 2 heterocycles. The first-order valence-electron chi connectivity index (χ1n) is 6.90. The number of aromatic amines is 1. The van der Waals surface area contributed by atoms with Crippen LogP contribution in [0.25, 0.3) is 10.9 Å². The summed E-state index contributed by atoms with van der Waals surface area (Å²) in [7, 11) is 0. The van der Waals surface area contributed by atoms with Crippen molar-refractivity contribution < 1.29 is 14.7 Å². The fourth-order valence-electron chi connectivity index (χ4n) is 2.65. The number of aromatic nitrogens is 1. The monoisotopic (exact) mass is 287 g/mol. The van der Waals surface area contributed by atoms with Gasteiger partial charge < -0.3 is 20.7 Å². The molecule has 1 aromatic carbocycles. The Bertz CT molecular complexity index is 692. The molecule has 0 unspecified atom stereocenters. The first kappa shape index (κ1) is 13.6. The van der Waals surface area contributed by atoms with E-state index in [9.17, 15) is 14.7 Å². The van der Waals surface area contributed by atoms with E-state index in [-0.39, 0.29) is 11.8 Å². The normalized spacial score (nSPS) is 23.7. The standard InChI is InChI=1S/C15H17N3O3/c1-8(19)13-15(21)17-12(14(20)18-13)6-9-7-16-11-5-3-2-4-10(9)11/h2-5,7-8,12-13,16,19H,6H2,1H3,(H,17,21)(H,18,20)/t8-,12-,13+/m1/s1. The molecule has 2 amide bonds. The van der Waals surface area contributed by atoms with E-state index in [0.29, 0.717) is 6.42 Å². The van der Waals surface area contributed by atoms with Crippen LogP contribution in [0.4, 0.5) is 0 Å². The molecule has 2 aromatic rings. The minimum absolute atomic E-state index is 0.272. The van der Waals surface area contributed by atoms with Gasteiger partial charge in [-0.05, 0) is 18.6 Å². The number of amides is 2. The molecule has 0 bridgehead atoms. The molecule has 1 fully saturated rings. The maximum Gasteiger partial charge on any atom is 0.245 e. The number of nitrogens with one attached hydrogen (secondary N) is 3. The van der Waals surface area contributed by atoms with Gasteiger partial charge in [0.25, 0.3) is 0 Å². The van der Waals surface area contributed by atoms with Gasteiger partial charge in [-0.2, -0.15) is 0 Å². The zero-order valence-electron chi connectivity index (χ0n) is 11.6.